The lowest BCUT2D eigenvalue weighted by Gasteiger charge is -2.39. The Hall–Kier alpha value is -2.27. The van der Waals surface area contributed by atoms with Crippen LogP contribution in [-0.2, 0) is 27.7 Å². The summed E-state index contributed by atoms with van der Waals surface area (Å²) in [6.45, 7) is 1.22. The van der Waals surface area contributed by atoms with Crippen molar-refractivity contribution in [3.63, 3.8) is 0 Å². The lowest BCUT2D eigenvalue weighted by atomic mass is 10.0. The summed E-state index contributed by atoms with van der Waals surface area (Å²) < 4.78 is 57.6. The van der Waals surface area contributed by atoms with Crippen LogP contribution in [0.4, 0.5) is 19.3 Å². The van der Waals surface area contributed by atoms with E-state index < -0.39 is 33.6 Å². The van der Waals surface area contributed by atoms with Crippen LogP contribution in [0.5, 0.6) is 0 Å². The number of hydrogen-bond acceptors (Lipinski definition) is 5. The summed E-state index contributed by atoms with van der Waals surface area (Å²) in [6, 6.07) is 4.93. The van der Waals surface area contributed by atoms with Gasteiger partial charge in [-0.2, -0.15) is 0 Å². The molecule has 2 aromatic rings. The molecule has 0 aromatic heterocycles. The van der Waals surface area contributed by atoms with Gasteiger partial charge in [0.25, 0.3) is 0 Å². The predicted molar refractivity (Wildman–Crippen MR) is 114 cm³/mol. The summed E-state index contributed by atoms with van der Waals surface area (Å²) in [6.07, 6.45) is 0.0143. The van der Waals surface area contributed by atoms with Crippen LogP contribution in [0, 0.1) is 11.6 Å². The van der Waals surface area contributed by atoms with Crippen molar-refractivity contribution < 1.29 is 31.8 Å². The summed E-state index contributed by atoms with van der Waals surface area (Å²) in [5.41, 5.74) is 1.23. The van der Waals surface area contributed by atoms with Crippen molar-refractivity contribution >= 4 is 33.2 Å². The second-order valence-corrected chi connectivity index (χ2v) is 10.4. The van der Waals surface area contributed by atoms with Crippen molar-refractivity contribution in [3.05, 3.63) is 58.1 Å². The van der Waals surface area contributed by atoms with E-state index in [9.17, 15) is 27.1 Å². The molecule has 1 fully saturated rings. The Kier molecular flexibility index (Phi) is 6.15. The zero-order valence-corrected chi connectivity index (χ0v) is 18.7. The minimum atomic E-state index is -3.48. The van der Waals surface area contributed by atoms with E-state index in [1.807, 2.05) is 4.90 Å². The third-order valence-corrected chi connectivity index (χ3v) is 7.54. The quantitative estimate of drug-likeness (QED) is 0.709. The van der Waals surface area contributed by atoms with Gasteiger partial charge in [-0.3, -0.25) is 9.80 Å². The van der Waals surface area contributed by atoms with E-state index in [-0.39, 0.29) is 28.3 Å². The van der Waals surface area contributed by atoms with Crippen LogP contribution in [0.1, 0.15) is 17.5 Å². The number of sulfone groups is 1. The van der Waals surface area contributed by atoms with Gasteiger partial charge >= 0.3 is 6.09 Å². The fraction of sp³-hybridized carbons (Fsp3) is 0.381. The van der Waals surface area contributed by atoms with Gasteiger partial charge in [0.15, 0.2) is 9.84 Å². The minimum Gasteiger partial charge on any atom is -0.465 e. The molecule has 2 aromatic carbocycles. The summed E-state index contributed by atoms with van der Waals surface area (Å²) in [4.78, 5) is 14.8. The first-order valence-corrected chi connectivity index (χ1v) is 12.1. The van der Waals surface area contributed by atoms with E-state index >= 15 is 0 Å². The zero-order valence-electron chi connectivity index (χ0n) is 17.1. The van der Waals surface area contributed by atoms with Crippen LogP contribution >= 0.6 is 11.6 Å². The lowest BCUT2D eigenvalue weighted by Crippen LogP contribution is -2.52. The van der Waals surface area contributed by atoms with Crippen LogP contribution in [0.2, 0.25) is 5.02 Å². The highest BCUT2D eigenvalue weighted by atomic mass is 35.5. The van der Waals surface area contributed by atoms with Crippen LogP contribution in [-0.4, -0.2) is 56.1 Å². The van der Waals surface area contributed by atoms with Gasteiger partial charge in [0.1, 0.15) is 11.6 Å². The van der Waals surface area contributed by atoms with E-state index in [0.29, 0.717) is 31.7 Å². The molecule has 0 saturated carbocycles. The normalized spacial score (nSPS) is 21.4. The number of carbonyl (C=O) groups is 1. The van der Waals surface area contributed by atoms with Gasteiger partial charge < -0.3 is 9.84 Å². The summed E-state index contributed by atoms with van der Waals surface area (Å²) >= 11 is 6.38. The molecular weight excluding hydrogens is 466 g/mol. The predicted octanol–water partition coefficient (Wildman–Crippen LogP) is 3.68. The fourth-order valence-corrected chi connectivity index (χ4v) is 5.76. The zero-order chi connectivity index (χ0) is 23.2. The molecule has 32 heavy (non-hydrogen) atoms. The smallest absolute Gasteiger partial charge is 0.412 e. The molecule has 1 saturated heterocycles. The van der Waals surface area contributed by atoms with Crippen molar-refractivity contribution in [2.75, 3.05) is 24.4 Å². The minimum absolute atomic E-state index is 0.0402. The van der Waals surface area contributed by atoms with Crippen molar-refractivity contribution in [3.8, 4) is 0 Å². The maximum absolute atomic E-state index is 14.3. The largest absolute Gasteiger partial charge is 0.465 e. The Bertz CT molecular complexity index is 1180. The highest BCUT2D eigenvalue weighted by Crippen LogP contribution is 2.36. The average Bonchev–Trinajstić information content (AvgIpc) is 3.15. The SMILES string of the molecule is CS(=O)(=O)c1ccc2c(c1Cl)CN([C@H]1COC[C@@H](N(C(=O)O)c3cc(F)ccc3F)C1)C2. The van der Waals surface area contributed by atoms with E-state index in [2.05, 4.69) is 0 Å². The maximum Gasteiger partial charge on any atom is 0.412 e. The molecule has 4 rings (SSSR count). The molecule has 2 atom stereocenters. The van der Waals surface area contributed by atoms with Crippen LogP contribution in [0.3, 0.4) is 0 Å². The van der Waals surface area contributed by atoms with Gasteiger partial charge in [0, 0.05) is 31.5 Å². The lowest BCUT2D eigenvalue weighted by molar-refractivity contribution is 0.00401. The Morgan fingerprint density at radius 3 is 2.66 bits per heavy atom. The number of rotatable bonds is 4. The first kappa shape index (κ1) is 22.9. The molecule has 2 aliphatic heterocycles. The van der Waals surface area contributed by atoms with Crippen molar-refractivity contribution in [2.45, 2.75) is 36.5 Å². The first-order valence-electron chi connectivity index (χ1n) is 9.85. The number of hydrogen-bond donors (Lipinski definition) is 1. The number of anilines is 1. The van der Waals surface area contributed by atoms with Crippen LogP contribution < -0.4 is 4.90 Å². The van der Waals surface area contributed by atoms with E-state index in [4.69, 9.17) is 16.3 Å². The molecule has 172 valence electrons. The number of nitrogens with zero attached hydrogens (tertiary/aromatic N) is 2. The van der Waals surface area contributed by atoms with Gasteiger partial charge in [0.2, 0.25) is 0 Å². The Morgan fingerprint density at radius 1 is 1.22 bits per heavy atom. The van der Waals surface area contributed by atoms with Crippen molar-refractivity contribution in [1.29, 1.82) is 0 Å². The topological polar surface area (TPSA) is 87.2 Å². The van der Waals surface area contributed by atoms with Gasteiger partial charge in [-0.25, -0.2) is 22.0 Å². The fourth-order valence-electron chi connectivity index (χ4n) is 4.33. The second kappa shape index (κ2) is 8.58. The second-order valence-electron chi connectivity index (χ2n) is 8.02. The Balaban J connectivity index is 1.57. The van der Waals surface area contributed by atoms with Crippen LogP contribution in [0.15, 0.2) is 35.2 Å². The number of ether oxygens (including phenoxy) is 1. The Labute approximate surface area is 189 Å². The monoisotopic (exact) mass is 486 g/mol. The summed E-state index contributed by atoms with van der Waals surface area (Å²) in [7, 11) is -3.48. The third-order valence-electron chi connectivity index (χ3n) is 5.86. The molecule has 0 radical (unpaired) electrons. The Morgan fingerprint density at radius 2 is 1.97 bits per heavy atom. The summed E-state index contributed by atoms with van der Waals surface area (Å²) in [5.74, 6) is -1.59. The standard InChI is InChI=1S/C21H21ClF2N2O5S/c1-32(29,30)19-5-2-12-8-25(9-16(12)20(19)22)14-7-15(11-31-10-14)26(21(27)28)18-6-13(23)3-4-17(18)24/h2-6,14-15H,7-11H2,1H3,(H,27,28)/t14-,15+/m1/s1. The molecule has 1 amide bonds. The van der Waals surface area contributed by atoms with E-state index in [1.54, 1.807) is 6.07 Å². The molecule has 7 nitrogen and oxygen atoms in total. The summed E-state index contributed by atoms with van der Waals surface area (Å²) in [5, 5.41) is 9.91. The van der Waals surface area contributed by atoms with Gasteiger partial charge in [-0.1, -0.05) is 17.7 Å². The number of benzene rings is 2. The first-order chi connectivity index (χ1) is 15.1. The molecule has 0 spiro atoms. The average molecular weight is 487 g/mol. The number of amides is 1. The molecule has 0 aliphatic carbocycles. The number of carboxylic acid groups (broad SMARTS) is 1. The molecule has 2 heterocycles. The maximum atomic E-state index is 14.3. The highest BCUT2D eigenvalue weighted by molar-refractivity contribution is 7.90. The number of fused-ring (bicyclic) bond motifs is 1. The van der Waals surface area contributed by atoms with Crippen molar-refractivity contribution in [1.82, 2.24) is 4.90 Å². The van der Waals surface area contributed by atoms with E-state index in [1.165, 1.54) is 6.07 Å². The van der Waals surface area contributed by atoms with E-state index in [0.717, 1.165) is 34.9 Å². The third kappa shape index (κ3) is 4.32. The van der Waals surface area contributed by atoms with Gasteiger partial charge in [0.05, 0.1) is 34.9 Å². The molecule has 0 unspecified atom stereocenters. The van der Waals surface area contributed by atoms with Gasteiger partial charge in [-0.05, 0) is 35.7 Å². The highest BCUT2D eigenvalue weighted by Gasteiger charge is 2.37. The molecule has 11 heteroatoms. The molecule has 1 N–H and O–H groups in total. The molecule has 0 bridgehead atoms. The molecular formula is C21H21ClF2N2O5S. The number of halogens is 3. The van der Waals surface area contributed by atoms with Gasteiger partial charge in [-0.15, -0.1) is 0 Å². The van der Waals surface area contributed by atoms with Crippen LogP contribution in [0.25, 0.3) is 0 Å². The molecule has 2 aliphatic rings. The van der Waals surface area contributed by atoms with Crippen molar-refractivity contribution in [2.24, 2.45) is 0 Å².